The fraction of sp³-hybridized carbons (Fsp3) is 0.417. The van der Waals surface area contributed by atoms with E-state index < -0.39 is 27.4 Å². The number of ether oxygens (including phenoxy) is 1. The molecule has 1 fully saturated rings. The molecule has 0 aromatic heterocycles. The Morgan fingerprint density at radius 1 is 1.37 bits per heavy atom. The normalized spacial score (nSPS) is 23.2. The van der Waals surface area contributed by atoms with Crippen molar-refractivity contribution in [1.82, 2.24) is 5.32 Å². The van der Waals surface area contributed by atoms with E-state index >= 15 is 0 Å². The molecule has 104 valence electrons. The summed E-state index contributed by atoms with van der Waals surface area (Å²) >= 11 is 0. The summed E-state index contributed by atoms with van der Waals surface area (Å²) in [5.74, 6) is -0.505. The number of benzene rings is 1. The maximum atomic E-state index is 11.7. The minimum Gasteiger partial charge on any atom is -0.460 e. The molecular weight excluding hydrogens is 270 g/mol. The van der Waals surface area contributed by atoms with Crippen LogP contribution in [0.5, 0.6) is 0 Å². The Kier molecular flexibility index (Phi) is 4.18. The van der Waals surface area contributed by atoms with Gasteiger partial charge in [0.05, 0.1) is 0 Å². The van der Waals surface area contributed by atoms with E-state index in [1.54, 1.807) is 0 Å². The topological polar surface area (TPSA) is 92.7 Å². The molecular formula is C12H15NO5S. The largest absolute Gasteiger partial charge is 0.460 e. The van der Waals surface area contributed by atoms with Gasteiger partial charge in [0.15, 0.2) is 0 Å². The number of nitrogens with one attached hydrogen (secondary N) is 1. The highest BCUT2D eigenvalue weighted by Gasteiger charge is 2.37. The van der Waals surface area contributed by atoms with E-state index in [1.165, 1.54) is 0 Å². The molecule has 2 N–H and O–H groups in total. The third-order valence-electron chi connectivity index (χ3n) is 3.02. The zero-order chi connectivity index (χ0) is 13.9. The molecule has 0 aliphatic carbocycles. The fourth-order valence-electron chi connectivity index (χ4n) is 1.94. The predicted molar refractivity (Wildman–Crippen MR) is 68.0 cm³/mol. The average Bonchev–Trinajstić information content (AvgIpc) is 2.87. The van der Waals surface area contributed by atoms with Crippen molar-refractivity contribution in [2.75, 3.05) is 6.54 Å². The Morgan fingerprint density at radius 3 is 2.63 bits per heavy atom. The van der Waals surface area contributed by atoms with Crippen LogP contribution < -0.4 is 5.32 Å². The summed E-state index contributed by atoms with van der Waals surface area (Å²) in [4.78, 5) is 11.7. The Morgan fingerprint density at radius 2 is 2.05 bits per heavy atom. The van der Waals surface area contributed by atoms with Gasteiger partial charge >= 0.3 is 5.97 Å². The maximum Gasteiger partial charge on any atom is 0.323 e. The van der Waals surface area contributed by atoms with Gasteiger partial charge in [-0.05, 0) is 12.0 Å². The fourth-order valence-corrected chi connectivity index (χ4v) is 2.68. The predicted octanol–water partition coefficient (Wildman–Crippen LogP) is 0.348. The summed E-state index contributed by atoms with van der Waals surface area (Å²) in [7, 11) is -4.11. The Hall–Kier alpha value is -1.44. The van der Waals surface area contributed by atoms with Crippen LogP contribution in [0, 0.1) is 0 Å². The van der Waals surface area contributed by atoms with Gasteiger partial charge in [0.2, 0.25) is 0 Å². The van der Waals surface area contributed by atoms with Gasteiger partial charge < -0.3 is 10.1 Å². The van der Waals surface area contributed by atoms with Crippen LogP contribution in [-0.4, -0.2) is 36.8 Å². The molecule has 1 saturated heterocycles. The molecule has 0 spiro atoms. The summed E-state index contributed by atoms with van der Waals surface area (Å²) in [5.41, 5.74) is 0.861. The van der Waals surface area contributed by atoms with Crippen LogP contribution >= 0.6 is 0 Å². The van der Waals surface area contributed by atoms with Crippen LogP contribution in [-0.2, 0) is 26.3 Å². The first-order valence-corrected chi connectivity index (χ1v) is 7.37. The first-order valence-electron chi connectivity index (χ1n) is 5.87. The molecule has 0 unspecified atom stereocenters. The SMILES string of the molecule is O=C(OCc1ccccc1)[C@@H]1C[C@H](S(=O)(=O)O)CN1. The van der Waals surface area contributed by atoms with Crippen LogP contribution in [0.4, 0.5) is 0 Å². The van der Waals surface area contributed by atoms with E-state index in [2.05, 4.69) is 5.32 Å². The minimum absolute atomic E-state index is 0.0342. The third kappa shape index (κ3) is 3.76. The summed E-state index contributed by atoms with van der Waals surface area (Å²) in [6.07, 6.45) is 0.0342. The van der Waals surface area contributed by atoms with E-state index in [-0.39, 0.29) is 19.6 Å². The summed E-state index contributed by atoms with van der Waals surface area (Å²) in [6.45, 7) is 0.207. The van der Waals surface area contributed by atoms with Crippen molar-refractivity contribution >= 4 is 16.1 Å². The number of hydrogen-bond donors (Lipinski definition) is 2. The Balaban J connectivity index is 1.85. The number of esters is 1. The minimum atomic E-state index is -4.11. The van der Waals surface area contributed by atoms with Crippen molar-refractivity contribution in [1.29, 1.82) is 0 Å². The highest BCUT2D eigenvalue weighted by atomic mass is 32.2. The molecule has 1 aliphatic heterocycles. The van der Waals surface area contributed by atoms with Crippen molar-refractivity contribution in [2.24, 2.45) is 0 Å². The van der Waals surface area contributed by atoms with Crippen LogP contribution in [0.1, 0.15) is 12.0 Å². The smallest absolute Gasteiger partial charge is 0.323 e. The highest BCUT2D eigenvalue weighted by molar-refractivity contribution is 7.86. The number of carbonyl (C=O) groups is 1. The number of rotatable bonds is 4. The molecule has 6 nitrogen and oxygen atoms in total. The Labute approximate surface area is 111 Å². The van der Waals surface area contributed by atoms with Crippen molar-refractivity contribution in [3.63, 3.8) is 0 Å². The summed E-state index contributed by atoms with van der Waals surface area (Å²) < 4.78 is 35.9. The van der Waals surface area contributed by atoms with Gasteiger partial charge in [-0.3, -0.25) is 9.35 Å². The van der Waals surface area contributed by atoms with Gasteiger partial charge in [0, 0.05) is 6.54 Å². The molecule has 7 heteroatoms. The molecule has 0 radical (unpaired) electrons. The van der Waals surface area contributed by atoms with E-state index in [4.69, 9.17) is 9.29 Å². The molecule has 1 aromatic carbocycles. The van der Waals surface area contributed by atoms with Crippen LogP contribution in [0.3, 0.4) is 0 Å². The third-order valence-corrected chi connectivity index (χ3v) is 4.22. The molecule has 2 rings (SSSR count). The van der Waals surface area contributed by atoms with Crippen LogP contribution in [0.15, 0.2) is 30.3 Å². The summed E-state index contributed by atoms with van der Waals surface area (Å²) in [5, 5.41) is 1.79. The van der Waals surface area contributed by atoms with Gasteiger partial charge in [0.1, 0.15) is 17.9 Å². The molecule has 0 saturated carbocycles. The lowest BCUT2D eigenvalue weighted by molar-refractivity contribution is -0.147. The standard InChI is InChI=1S/C12H15NO5S/c14-12(18-8-9-4-2-1-3-5-9)11-6-10(7-13-11)19(15,16)17/h1-5,10-11,13H,6-8H2,(H,15,16,17)/t10-,11-/m0/s1. The lowest BCUT2D eigenvalue weighted by Gasteiger charge is -2.10. The molecule has 1 aliphatic rings. The van der Waals surface area contributed by atoms with Crippen LogP contribution in [0.2, 0.25) is 0 Å². The first kappa shape index (κ1) is 14.0. The molecule has 0 amide bonds. The zero-order valence-corrected chi connectivity index (χ0v) is 11.0. The number of carbonyl (C=O) groups excluding carboxylic acids is 1. The average molecular weight is 285 g/mol. The van der Waals surface area contributed by atoms with Gasteiger partial charge in [0.25, 0.3) is 10.1 Å². The van der Waals surface area contributed by atoms with E-state index in [1.807, 2.05) is 30.3 Å². The van der Waals surface area contributed by atoms with Gasteiger partial charge in [-0.2, -0.15) is 8.42 Å². The van der Waals surface area contributed by atoms with Gasteiger partial charge in [-0.25, -0.2) is 0 Å². The molecule has 0 bridgehead atoms. The second-order valence-corrected chi connectivity index (χ2v) is 6.12. The first-order chi connectivity index (χ1) is 8.97. The van der Waals surface area contributed by atoms with Crippen molar-refractivity contribution in [3.05, 3.63) is 35.9 Å². The van der Waals surface area contributed by atoms with E-state index in [0.29, 0.717) is 0 Å². The zero-order valence-electron chi connectivity index (χ0n) is 10.2. The Bertz CT molecular complexity index is 542. The van der Waals surface area contributed by atoms with Crippen LogP contribution in [0.25, 0.3) is 0 Å². The maximum absolute atomic E-state index is 11.7. The highest BCUT2D eigenvalue weighted by Crippen LogP contribution is 2.15. The summed E-state index contributed by atoms with van der Waals surface area (Å²) in [6, 6.07) is 8.51. The lowest BCUT2D eigenvalue weighted by atomic mass is 10.2. The van der Waals surface area contributed by atoms with Gasteiger partial charge in [-0.15, -0.1) is 0 Å². The molecule has 2 atom stereocenters. The van der Waals surface area contributed by atoms with E-state index in [0.717, 1.165) is 5.56 Å². The van der Waals surface area contributed by atoms with Crippen molar-refractivity contribution in [3.8, 4) is 0 Å². The van der Waals surface area contributed by atoms with Crippen molar-refractivity contribution in [2.45, 2.75) is 24.3 Å². The lowest BCUT2D eigenvalue weighted by Crippen LogP contribution is -2.32. The van der Waals surface area contributed by atoms with Gasteiger partial charge in [-0.1, -0.05) is 30.3 Å². The monoisotopic (exact) mass is 285 g/mol. The molecule has 1 aromatic rings. The number of hydrogen-bond acceptors (Lipinski definition) is 5. The molecule has 19 heavy (non-hydrogen) atoms. The van der Waals surface area contributed by atoms with Crippen molar-refractivity contribution < 1.29 is 22.5 Å². The van der Waals surface area contributed by atoms with E-state index in [9.17, 15) is 13.2 Å². The second-order valence-electron chi connectivity index (χ2n) is 4.43. The second kappa shape index (κ2) is 5.68. The molecule has 1 heterocycles. The quantitative estimate of drug-likeness (QED) is 0.612.